The number of rotatable bonds is 15. The summed E-state index contributed by atoms with van der Waals surface area (Å²) in [7, 11) is -2.73. The molecule has 2 aromatic rings. The smallest absolute Gasteiger partial charge is 0.328 e. The maximum absolute atomic E-state index is 14.1. The molecule has 0 radical (unpaired) electrons. The van der Waals surface area contributed by atoms with E-state index < -0.39 is 32.9 Å². The summed E-state index contributed by atoms with van der Waals surface area (Å²) < 4.78 is 34.5. The molecule has 1 fully saturated rings. The summed E-state index contributed by atoms with van der Waals surface area (Å²) >= 11 is 1.56. The Balaban J connectivity index is 1.73. The van der Waals surface area contributed by atoms with Gasteiger partial charge in [-0.05, 0) is 90.7 Å². The lowest BCUT2D eigenvalue weighted by Crippen LogP contribution is -2.42. The van der Waals surface area contributed by atoms with Gasteiger partial charge in [0.2, 0.25) is 10.0 Å². The van der Waals surface area contributed by atoms with Crippen molar-refractivity contribution in [2.45, 2.75) is 75.8 Å². The average molecular weight is 696 g/mol. The van der Waals surface area contributed by atoms with Crippen LogP contribution >= 0.6 is 11.8 Å². The van der Waals surface area contributed by atoms with Gasteiger partial charge in [0.15, 0.2) is 0 Å². The molecule has 1 saturated carbocycles. The third kappa shape index (κ3) is 9.67. The number of ether oxygens (including phenoxy) is 1. The second-order valence-electron chi connectivity index (χ2n) is 12.2. The number of hydrogen-bond donors (Lipinski definition) is 1. The highest BCUT2D eigenvalue weighted by molar-refractivity contribution is 7.98. The molecule has 0 aromatic heterocycles. The van der Waals surface area contributed by atoms with Crippen LogP contribution in [0.5, 0.6) is 0 Å². The van der Waals surface area contributed by atoms with Crippen LogP contribution < -0.4 is 5.32 Å². The molecular formula is C36H45N3O7S2. The summed E-state index contributed by atoms with van der Waals surface area (Å²) in [6.45, 7) is 2.31. The number of carbonyl (C=O) groups excluding carboxylic acids is 2. The Hall–Kier alpha value is -3.74. The van der Waals surface area contributed by atoms with E-state index in [-0.39, 0.29) is 17.1 Å². The molecule has 10 nitrogen and oxygen atoms in total. The van der Waals surface area contributed by atoms with E-state index in [2.05, 4.69) is 11.4 Å². The zero-order valence-corrected chi connectivity index (χ0v) is 29.5. The molecule has 1 amide bonds. The van der Waals surface area contributed by atoms with Crippen LogP contribution in [0.15, 0.2) is 77.2 Å². The lowest BCUT2D eigenvalue weighted by Gasteiger charge is -2.27. The van der Waals surface area contributed by atoms with Gasteiger partial charge in [-0.15, -0.1) is 0 Å². The number of sulfonamides is 1. The molecule has 1 N–H and O–H groups in total. The number of carbonyl (C=O) groups is 2. The summed E-state index contributed by atoms with van der Waals surface area (Å²) in [4.78, 5) is 37.0. The van der Waals surface area contributed by atoms with Crippen LogP contribution in [0.1, 0.15) is 79.8 Å². The molecular weight excluding hydrogens is 651 g/mol. The molecule has 0 bridgehead atoms. The van der Waals surface area contributed by atoms with Gasteiger partial charge >= 0.3 is 5.97 Å². The molecule has 48 heavy (non-hydrogen) atoms. The minimum Gasteiger partial charge on any atom is -0.467 e. The highest BCUT2D eigenvalue weighted by Crippen LogP contribution is 2.32. The van der Waals surface area contributed by atoms with E-state index in [1.165, 1.54) is 42.1 Å². The Morgan fingerprint density at radius 1 is 1.12 bits per heavy atom. The fraction of sp³-hybridized carbons (Fsp3) is 0.444. The third-order valence-electron chi connectivity index (χ3n) is 8.96. The van der Waals surface area contributed by atoms with Crippen LogP contribution in [0.25, 0.3) is 5.57 Å². The van der Waals surface area contributed by atoms with Gasteiger partial charge < -0.3 is 10.1 Å². The SMILES string of the molecule is COC(=O)C(CCSC)NC(=O)c1ccc(CN(CCC2CCCCC2)S(=O)(=O)c2ccc([N+](=O)[O-])cc2)cc1C1=CC=CCC=C1C. The van der Waals surface area contributed by atoms with E-state index >= 15 is 0 Å². The second kappa shape index (κ2) is 17.6. The number of esters is 1. The number of thioether (sulfide) groups is 1. The first-order valence-electron chi connectivity index (χ1n) is 16.3. The van der Waals surface area contributed by atoms with Crippen LogP contribution in [-0.2, 0) is 26.1 Å². The van der Waals surface area contributed by atoms with Gasteiger partial charge in [-0.2, -0.15) is 16.1 Å². The molecule has 258 valence electrons. The van der Waals surface area contributed by atoms with E-state index in [1.54, 1.807) is 23.9 Å². The number of nitro groups is 1. The van der Waals surface area contributed by atoms with Crippen molar-refractivity contribution in [2.75, 3.05) is 25.7 Å². The van der Waals surface area contributed by atoms with Crippen LogP contribution in [0.3, 0.4) is 0 Å². The molecule has 0 spiro atoms. The van der Waals surface area contributed by atoms with E-state index in [9.17, 15) is 28.1 Å². The number of methoxy groups -OCH3 is 1. The van der Waals surface area contributed by atoms with E-state index in [1.807, 2.05) is 37.5 Å². The number of allylic oxidation sites excluding steroid dienone is 6. The molecule has 2 aliphatic carbocycles. The lowest BCUT2D eigenvalue weighted by atomic mass is 9.87. The summed E-state index contributed by atoms with van der Waals surface area (Å²) in [6, 6.07) is 9.45. The van der Waals surface area contributed by atoms with Crippen molar-refractivity contribution in [3.05, 3.63) is 99.1 Å². The average Bonchev–Trinajstić information content (AvgIpc) is 3.32. The van der Waals surface area contributed by atoms with Crippen molar-refractivity contribution in [3.63, 3.8) is 0 Å². The van der Waals surface area contributed by atoms with E-state index in [4.69, 9.17) is 4.74 Å². The Kier molecular flexibility index (Phi) is 13.6. The molecule has 0 aliphatic heterocycles. The lowest BCUT2D eigenvalue weighted by molar-refractivity contribution is -0.384. The Morgan fingerprint density at radius 2 is 1.85 bits per heavy atom. The minimum atomic E-state index is -4.02. The number of hydrogen-bond acceptors (Lipinski definition) is 8. The van der Waals surface area contributed by atoms with Crippen molar-refractivity contribution in [1.82, 2.24) is 9.62 Å². The molecule has 1 unspecified atom stereocenters. The van der Waals surface area contributed by atoms with Gasteiger partial charge in [-0.25, -0.2) is 13.2 Å². The second-order valence-corrected chi connectivity index (χ2v) is 15.1. The molecule has 2 aromatic carbocycles. The van der Waals surface area contributed by atoms with Crippen LogP contribution in [-0.4, -0.2) is 61.2 Å². The Bertz CT molecular complexity index is 1660. The van der Waals surface area contributed by atoms with Crippen molar-refractivity contribution in [1.29, 1.82) is 0 Å². The summed E-state index contributed by atoms with van der Waals surface area (Å²) in [5, 5.41) is 14.1. The number of nitro benzene ring substituents is 1. The number of benzene rings is 2. The summed E-state index contributed by atoms with van der Waals surface area (Å²) in [6.07, 6.45) is 17.3. The first kappa shape index (κ1) is 37.1. The number of amides is 1. The molecule has 2 aliphatic rings. The maximum Gasteiger partial charge on any atom is 0.328 e. The van der Waals surface area contributed by atoms with Gasteiger partial charge in [0.05, 0.1) is 16.9 Å². The first-order valence-corrected chi connectivity index (χ1v) is 19.2. The van der Waals surface area contributed by atoms with Gasteiger partial charge in [0.1, 0.15) is 6.04 Å². The minimum absolute atomic E-state index is 0.0116. The monoisotopic (exact) mass is 695 g/mol. The predicted octanol–water partition coefficient (Wildman–Crippen LogP) is 7.07. The summed E-state index contributed by atoms with van der Waals surface area (Å²) in [5.41, 5.74) is 3.27. The predicted molar refractivity (Wildman–Crippen MR) is 190 cm³/mol. The molecule has 4 rings (SSSR count). The van der Waals surface area contributed by atoms with Gasteiger partial charge in [0, 0.05) is 30.8 Å². The fourth-order valence-electron chi connectivity index (χ4n) is 6.18. The molecule has 12 heteroatoms. The Labute approximate surface area is 287 Å². The Morgan fingerprint density at radius 3 is 2.52 bits per heavy atom. The van der Waals surface area contributed by atoms with Gasteiger partial charge in [-0.3, -0.25) is 14.9 Å². The first-order chi connectivity index (χ1) is 23.0. The van der Waals surface area contributed by atoms with Crippen molar-refractivity contribution in [2.24, 2.45) is 5.92 Å². The fourth-order valence-corrected chi connectivity index (χ4v) is 8.10. The van der Waals surface area contributed by atoms with Crippen molar-refractivity contribution in [3.8, 4) is 0 Å². The van der Waals surface area contributed by atoms with Gasteiger partial charge in [-0.1, -0.05) is 62.5 Å². The van der Waals surface area contributed by atoms with E-state index in [0.717, 1.165) is 43.3 Å². The number of nitrogens with one attached hydrogen (secondary N) is 1. The molecule has 0 heterocycles. The molecule has 0 saturated heterocycles. The normalized spacial score (nSPS) is 16.1. The zero-order chi connectivity index (χ0) is 34.7. The zero-order valence-electron chi connectivity index (χ0n) is 27.9. The quantitative estimate of drug-likeness (QED) is 0.119. The standard InChI is InChI=1S/C36H45N3O7S2/c1-26-10-6-4-9-13-31(26)33-24-28(14-19-32(33)35(40)37-34(21-23-47-3)36(41)46-2)25-38(22-20-27-11-7-5-8-12-27)48(44,45)30-17-15-29(16-18-30)39(42)43/h4,9-10,13-19,24,27,34H,5-8,11-12,20-23,25H2,1-3H3,(H,37,40). The van der Waals surface area contributed by atoms with Crippen LogP contribution in [0, 0.1) is 16.0 Å². The largest absolute Gasteiger partial charge is 0.467 e. The van der Waals surface area contributed by atoms with Crippen LogP contribution in [0.4, 0.5) is 5.69 Å². The highest BCUT2D eigenvalue weighted by atomic mass is 32.2. The topological polar surface area (TPSA) is 136 Å². The maximum atomic E-state index is 14.1. The van der Waals surface area contributed by atoms with Crippen molar-refractivity contribution < 1.29 is 27.7 Å². The van der Waals surface area contributed by atoms with Crippen molar-refractivity contribution >= 4 is 44.9 Å². The van der Waals surface area contributed by atoms with E-state index in [0.29, 0.717) is 47.7 Å². The van der Waals surface area contributed by atoms with Gasteiger partial charge in [0.25, 0.3) is 11.6 Å². The number of nitrogens with zero attached hydrogens (tertiary/aromatic N) is 2. The van der Waals surface area contributed by atoms with Crippen LogP contribution in [0.2, 0.25) is 0 Å². The molecule has 1 atom stereocenters. The number of non-ortho nitro benzene ring substituents is 1. The summed E-state index contributed by atoms with van der Waals surface area (Å²) in [5.74, 6) is 0.138. The third-order valence-corrected chi connectivity index (χ3v) is 11.5. The highest BCUT2D eigenvalue weighted by Gasteiger charge is 2.29.